The van der Waals surface area contributed by atoms with Crippen molar-refractivity contribution in [2.45, 2.75) is 6.92 Å². The van der Waals surface area contributed by atoms with Crippen molar-refractivity contribution in [1.82, 2.24) is 4.57 Å². The van der Waals surface area contributed by atoms with Gasteiger partial charge in [-0.1, -0.05) is 54.6 Å². The van der Waals surface area contributed by atoms with E-state index in [1.165, 1.54) is 16.3 Å². The predicted molar refractivity (Wildman–Crippen MR) is 105 cm³/mol. The summed E-state index contributed by atoms with van der Waals surface area (Å²) in [6.07, 6.45) is 5.98. The van der Waals surface area contributed by atoms with Crippen LogP contribution in [-0.4, -0.2) is 4.57 Å². The molecule has 0 aliphatic heterocycles. The van der Waals surface area contributed by atoms with Crippen LogP contribution in [0.15, 0.2) is 83.5 Å². The standard InChI is InChI=1S/C23H17NO/c1-2-8-16-15-25-23-18(16)13-14-20-19-11-6-7-12-21(19)24(22(20)23)17-9-4-3-5-10-17/h2-15H,1H3/b8-2-. The summed E-state index contributed by atoms with van der Waals surface area (Å²) in [5, 5.41) is 3.60. The van der Waals surface area contributed by atoms with Gasteiger partial charge >= 0.3 is 0 Å². The van der Waals surface area contributed by atoms with Crippen molar-refractivity contribution in [3.05, 3.63) is 84.6 Å². The van der Waals surface area contributed by atoms with Gasteiger partial charge in [0, 0.05) is 27.4 Å². The molecule has 0 fully saturated rings. The highest BCUT2D eigenvalue weighted by atomic mass is 16.3. The molecule has 0 saturated heterocycles. The lowest BCUT2D eigenvalue weighted by Gasteiger charge is -2.07. The zero-order chi connectivity index (χ0) is 16.8. The van der Waals surface area contributed by atoms with Crippen LogP contribution in [0.3, 0.4) is 0 Å². The highest BCUT2D eigenvalue weighted by Gasteiger charge is 2.17. The number of nitrogens with zero attached hydrogens (tertiary/aromatic N) is 1. The van der Waals surface area contributed by atoms with Gasteiger partial charge in [0.2, 0.25) is 0 Å². The fourth-order valence-corrected chi connectivity index (χ4v) is 3.71. The van der Waals surface area contributed by atoms with Crippen LogP contribution in [0.2, 0.25) is 0 Å². The van der Waals surface area contributed by atoms with E-state index < -0.39 is 0 Å². The first-order valence-electron chi connectivity index (χ1n) is 8.50. The Hall–Kier alpha value is -3.26. The van der Waals surface area contributed by atoms with Crippen LogP contribution in [0.4, 0.5) is 0 Å². The number of hydrogen-bond donors (Lipinski definition) is 0. The molecule has 0 spiro atoms. The Morgan fingerprint density at radius 3 is 2.40 bits per heavy atom. The Labute approximate surface area is 145 Å². The van der Waals surface area contributed by atoms with E-state index in [4.69, 9.17) is 4.42 Å². The molecule has 2 heteroatoms. The molecule has 2 nitrogen and oxygen atoms in total. The number of benzene rings is 3. The van der Waals surface area contributed by atoms with Crippen molar-refractivity contribution in [3.8, 4) is 5.69 Å². The Bertz CT molecular complexity index is 1240. The minimum Gasteiger partial charge on any atom is -0.461 e. The van der Waals surface area contributed by atoms with Crippen LogP contribution >= 0.6 is 0 Å². The van der Waals surface area contributed by atoms with E-state index in [1.807, 2.05) is 25.3 Å². The van der Waals surface area contributed by atoms with E-state index in [9.17, 15) is 0 Å². The number of rotatable bonds is 2. The fourth-order valence-electron chi connectivity index (χ4n) is 3.71. The van der Waals surface area contributed by atoms with Gasteiger partial charge in [0.25, 0.3) is 0 Å². The van der Waals surface area contributed by atoms with Crippen LogP contribution in [0.25, 0.3) is 44.5 Å². The van der Waals surface area contributed by atoms with Crippen LogP contribution in [0.1, 0.15) is 12.5 Å². The van der Waals surface area contributed by atoms with Gasteiger partial charge in [-0.3, -0.25) is 0 Å². The molecule has 0 aliphatic carbocycles. The lowest BCUT2D eigenvalue weighted by Crippen LogP contribution is -1.93. The average Bonchev–Trinajstić information content (AvgIpc) is 3.22. The second-order valence-corrected chi connectivity index (χ2v) is 6.22. The molecule has 0 atom stereocenters. The van der Waals surface area contributed by atoms with Crippen molar-refractivity contribution < 1.29 is 4.42 Å². The maximum atomic E-state index is 6.03. The molecule has 0 amide bonds. The van der Waals surface area contributed by atoms with Crippen molar-refractivity contribution in [3.63, 3.8) is 0 Å². The van der Waals surface area contributed by atoms with Gasteiger partial charge in [-0.2, -0.15) is 0 Å². The molecule has 3 aromatic carbocycles. The summed E-state index contributed by atoms with van der Waals surface area (Å²) in [4.78, 5) is 0. The average molecular weight is 323 g/mol. The first-order valence-corrected chi connectivity index (χ1v) is 8.50. The SMILES string of the molecule is C/C=C\c1coc2c1ccc1c3ccccc3n(-c3ccccc3)c12. The molecule has 0 bridgehead atoms. The molecule has 5 rings (SSSR count). The van der Waals surface area contributed by atoms with Crippen molar-refractivity contribution in [1.29, 1.82) is 0 Å². The summed E-state index contributed by atoms with van der Waals surface area (Å²) in [6, 6.07) is 23.4. The first kappa shape index (κ1) is 14.1. The van der Waals surface area contributed by atoms with Crippen molar-refractivity contribution in [2.75, 3.05) is 0 Å². The minimum atomic E-state index is 0.936. The molecule has 5 aromatic rings. The minimum absolute atomic E-state index is 0.936. The molecular weight excluding hydrogens is 306 g/mol. The zero-order valence-corrected chi connectivity index (χ0v) is 13.9. The second kappa shape index (κ2) is 5.38. The van der Waals surface area contributed by atoms with Crippen molar-refractivity contribution >= 4 is 38.9 Å². The fraction of sp³-hybridized carbons (Fsp3) is 0.0435. The Morgan fingerprint density at radius 1 is 0.800 bits per heavy atom. The molecular formula is C23H17NO. The zero-order valence-electron chi connectivity index (χ0n) is 13.9. The summed E-state index contributed by atoms with van der Waals surface area (Å²) in [6.45, 7) is 2.03. The molecule has 0 aliphatic rings. The molecule has 2 aromatic heterocycles. The Morgan fingerprint density at radius 2 is 1.56 bits per heavy atom. The van der Waals surface area contributed by atoms with E-state index in [0.717, 1.165) is 27.7 Å². The van der Waals surface area contributed by atoms with Crippen molar-refractivity contribution in [2.24, 2.45) is 0 Å². The van der Waals surface area contributed by atoms with Gasteiger partial charge in [-0.05, 0) is 31.2 Å². The third-order valence-corrected chi connectivity index (χ3v) is 4.77. The predicted octanol–water partition coefficient (Wildman–Crippen LogP) is 6.56. The van der Waals surface area contributed by atoms with Crippen LogP contribution in [0, 0.1) is 0 Å². The lowest BCUT2D eigenvalue weighted by molar-refractivity contribution is 0.617. The molecule has 0 unspecified atom stereocenters. The number of furan rings is 1. The summed E-state index contributed by atoms with van der Waals surface area (Å²) in [5.74, 6) is 0. The van der Waals surface area contributed by atoms with Gasteiger partial charge in [-0.25, -0.2) is 0 Å². The number of allylic oxidation sites excluding steroid dienone is 1. The van der Waals surface area contributed by atoms with Gasteiger partial charge < -0.3 is 8.98 Å². The Kier molecular flexibility index (Phi) is 3.04. The van der Waals surface area contributed by atoms with E-state index in [-0.39, 0.29) is 0 Å². The summed E-state index contributed by atoms with van der Waals surface area (Å²) in [5.41, 5.74) is 5.51. The van der Waals surface area contributed by atoms with Crippen LogP contribution in [-0.2, 0) is 0 Å². The molecule has 0 radical (unpaired) electrons. The molecule has 0 saturated carbocycles. The molecule has 25 heavy (non-hydrogen) atoms. The number of para-hydroxylation sites is 2. The molecule has 2 heterocycles. The van der Waals surface area contributed by atoms with Gasteiger partial charge in [0.1, 0.15) is 0 Å². The maximum absolute atomic E-state index is 6.03. The van der Waals surface area contributed by atoms with E-state index in [1.54, 1.807) is 0 Å². The summed E-state index contributed by atoms with van der Waals surface area (Å²) < 4.78 is 8.34. The largest absolute Gasteiger partial charge is 0.461 e. The van der Waals surface area contributed by atoms with E-state index in [0.29, 0.717) is 0 Å². The number of fused-ring (bicyclic) bond motifs is 5. The third kappa shape index (κ3) is 1.97. The monoisotopic (exact) mass is 323 g/mol. The van der Waals surface area contributed by atoms with E-state index in [2.05, 4.69) is 71.3 Å². The molecule has 120 valence electrons. The number of hydrogen-bond acceptors (Lipinski definition) is 1. The normalized spacial score (nSPS) is 12.0. The topological polar surface area (TPSA) is 18.1 Å². The lowest BCUT2D eigenvalue weighted by atomic mass is 10.1. The summed E-state index contributed by atoms with van der Waals surface area (Å²) in [7, 11) is 0. The van der Waals surface area contributed by atoms with Gasteiger partial charge in [-0.15, -0.1) is 0 Å². The highest BCUT2D eigenvalue weighted by Crippen LogP contribution is 2.38. The first-order chi connectivity index (χ1) is 12.4. The van der Waals surface area contributed by atoms with Gasteiger partial charge in [0.05, 0.1) is 17.3 Å². The van der Waals surface area contributed by atoms with Gasteiger partial charge in [0.15, 0.2) is 5.58 Å². The maximum Gasteiger partial charge on any atom is 0.159 e. The smallest absolute Gasteiger partial charge is 0.159 e. The molecule has 0 N–H and O–H groups in total. The second-order valence-electron chi connectivity index (χ2n) is 6.22. The quantitative estimate of drug-likeness (QED) is 0.359. The van der Waals surface area contributed by atoms with Crippen LogP contribution in [0.5, 0.6) is 0 Å². The Balaban J connectivity index is 2.03. The third-order valence-electron chi connectivity index (χ3n) is 4.77. The van der Waals surface area contributed by atoms with Crippen LogP contribution < -0.4 is 0 Å². The summed E-state index contributed by atoms with van der Waals surface area (Å²) >= 11 is 0. The highest BCUT2D eigenvalue weighted by molar-refractivity contribution is 6.17. The van der Waals surface area contributed by atoms with E-state index >= 15 is 0 Å². The number of aromatic nitrogens is 1.